The number of carbonyl (C=O) groups excluding carboxylic acids is 1. The number of thioether (sulfide) groups is 1. The van der Waals surface area contributed by atoms with Gasteiger partial charge in [0.25, 0.3) is 0 Å². The molecule has 0 spiro atoms. The summed E-state index contributed by atoms with van der Waals surface area (Å²) < 4.78 is 0. The number of aldehydes is 1. The van der Waals surface area contributed by atoms with Crippen LogP contribution in [0.15, 0.2) is 22.5 Å². The highest BCUT2D eigenvalue weighted by atomic mass is 32.2. The van der Waals surface area contributed by atoms with Crippen molar-refractivity contribution in [3.05, 3.63) is 22.5 Å². The summed E-state index contributed by atoms with van der Waals surface area (Å²) in [5.41, 5.74) is 0. The first-order valence-electron chi connectivity index (χ1n) is 2.74. The Morgan fingerprint density at radius 1 is 1.44 bits per heavy atom. The average Bonchev–Trinajstić information content (AvgIpc) is 1.91. The summed E-state index contributed by atoms with van der Waals surface area (Å²) in [6.07, 6.45) is 4.54. The van der Waals surface area contributed by atoms with Gasteiger partial charge in [0, 0.05) is 4.91 Å². The molecule has 0 fully saturated rings. The van der Waals surface area contributed by atoms with Crippen molar-refractivity contribution in [2.75, 3.05) is 0 Å². The molecular weight excluding hydrogens is 132 g/mol. The SMILES string of the molecule is C/C=C\S/C(C=O)=C/C. The van der Waals surface area contributed by atoms with Crippen LogP contribution in [0.25, 0.3) is 0 Å². The molecule has 0 heterocycles. The highest BCUT2D eigenvalue weighted by Crippen LogP contribution is 2.13. The number of hydrogen-bond donors (Lipinski definition) is 0. The van der Waals surface area contributed by atoms with Crippen molar-refractivity contribution in [1.82, 2.24) is 0 Å². The van der Waals surface area contributed by atoms with E-state index < -0.39 is 0 Å². The fourth-order valence-corrected chi connectivity index (χ4v) is 0.795. The zero-order valence-corrected chi connectivity index (χ0v) is 6.44. The molecule has 0 N–H and O–H groups in total. The Labute approximate surface area is 59.8 Å². The van der Waals surface area contributed by atoms with Gasteiger partial charge in [-0.15, -0.1) is 0 Å². The van der Waals surface area contributed by atoms with Crippen LogP contribution in [0.2, 0.25) is 0 Å². The molecule has 0 amide bonds. The monoisotopic (exact) mass is 142 g/mol. The summed E-state index contributed by atoms with van der Waals surface area (Å²) in [6.45, 7) is 3.77. The molecule has 0 aliphatic rings. The van der Waals surface area contributed by atoms with Crippen molar-refractivity contribution in [3.63, 3.8) is 0 Å². The van der Waals surface area contributed by atoms with Crippen molar-refractivity contribution in [3.8, 4) is 0 Å². The van der Waals surface area contributed by atoms with Crippen LogP contribution in [0.4, 0.5) is 0 Å². The van der Waals surface area contributed by atoms with Gasteiger partial charge in [0.05, 0.1) is 0 Å². The summed E-state index contributed by atoms with van der Waals surface area (Å²) in [5.74, 6) is 0. The average molecular weight is 142 g/mol. The molecule has 0 aromatic rings. The van der Waals surface area contributed by atoms with Crippen molar-refractivity contribution in [2.45, 2.75) is 13.8 Å². The molecule has 9 heavy (non-hydrogen) atoms. The lowest BCUT2D eigenvalue weighted by molar-refractivity contribution is -0.104. The number of allylic oxidation sites excluding steroid dienone is 3. The molecule has 0 saturated carbocycles. The van der Waals surface area contributed by atoms with Crippen LogP contribution in [-0.2, 0) is 4.79 Å². The Balaban J connectivity index is 3.71. The van der Waals surface area contributed by atoms with Crippen LogP contribution in [0.5, 0.6) is 0 Å². The van der Waals surface area contributed by atoms with Gasteiger partial charge in [0.2, 0.25) is 0 Å². The van der Waals surface area contributed by atoms with Crippen LogP contribution in [0, 0.1) is 0 Å². The molecule has 1 nitrogen and oxygen atoms in total. The van der Waals surface area contributed by atoms with E-state index in [1.165, 1.54) is 11.8 Å². The first kappa shape index (κ1) is 8.50. The van der Waals surface area contributed by atoms with Crippen molar-refractivity contribution in [2.24, 2.45) is 0 Å². The first-order chi connectivity index (χ1) is 4.35. The lowest BCUT2D eigenvalue weighted by Gasteiger charge is -1.87. The van der Waals surface area contributed by atoms with Gasteiger partial charge in [-0.25, -0.2) is 0 Å². The fraction of sp³-hybridized carbons (Fsp3) is 0.286. The zero-order valence-electron chi connectivity index (χ0n) is 5.63. The number of hydrogen-bond acceptors (Lipinski definition) is 2. The van der Waals surface area contributed by atoms with E-state index in [0.717, 1.165) is 11.2 Å². The molecular formula is C7H10OS. The van der Waals surface area contributed by atoms with E-state index in [2.05, 4.69) is 0 Å². The maximum absolute atomic E-state index is 10.1. The summed E-state index contributed by atoms with van der Waals surface area (Å²) in [6, 6.07) is 0. The largest absolute Gasteiger partial charge is 0.297 e. The molecule has 0 aliphatic heterocycles. The van der Waals surface area contributed by atoms with Crippen LogP contribution in [-0.4, -0.2) is 6.29 Å². The second-order valence-electron chi connectivity index (χ2n) is 1.40. The molecule has 50 valence electrons. The number of rotatable bonds is 3. The Bertz CT molecular complexity index is 136. The Hall–Kier alpha value is -0.500. The molecule has 0 unspecified atom stereocenters. The van der Waals surface area contributed by atoms with E-state index in [0.29, 0.717) is 0 Å². The maximum atomic E-state index is 10.1. The fourth-order valence-electron chi connectivity index (χ4n) is 0.310. The summed E-state index contributed by atoms with van der Waals surface area (Å²) >= 11 is 1.43. The van der Waals surface area contributed by atoms with Crippen LogP contribution in [0.3, 0.4) is 0 Å². The third-order valence-corrected chi connectivity index (χ3v) is 1.75. The van der Waals surface area contributed by atoms with E-state index in [9.17, 15) is 4.79 Å². The standard InChI is InChI=1S/C7H10OS/c1-3-5-9-7(4-2)6-8/h3-6H,1-2H3/b5-3-,7-4+. The minimum atomic E-state index is 0.758. The minimum absolute atomic E-state index is 0.758. The van der Waals surface area contributed by atoms with Crippen molar-refractivity contribution >= 4 is 18.0 Å². The van der Waals surface area contributed by atoms with Gasteiger partial charge in [-0.05, 0) is 19.3 Å². The molecule has 0 saturated heterocycles. The topological polar surface area (TPSA) is 17.1 Å². The van der Waals surface area contributed by atoms with E-state index in [4.69, 9.17) is 0 Å². The lowest BCUT2D eigenvalue weighted by Crippen LogP contribution is -1.71. The second kappa shape index (κ2) is 5.63. The van der Waals surface area contributed by atoms with Gasteiger partial charge in [0.1, 0.15) is 0 Å². The molecule has 0 aromatic heterocycles. The zero-order chi connectivity index (χ0) is 7.11. The van der Waals surface area contributed by atoms with E-state index in [-0.39, 0.29) is 0 Å². The normalized spacial score (nSPS) is 12.4. The predicted octanol–water partition coefficient (Wildman–Crippen LogP) is 2.36. The quantitative estimate of drug-likeness (QED) is 0.444. The van der Waals surface area contributed by atoms with Gasteiger partial charge in [-0.2, -0.15) is 0 Å². The molecule has 0 radical (unpaired) electrons. The highest BCUT2D eigenvalue weighted by Gasteiger charge is 1.86. The van der Waals surface area contributed by atoms with Gasteiger partial charge in [0.15, 0.2) is 6.29 Å². The van der Waals surface area contributed by atoms with Crippen LogP contribution in [0.1, 0.15) is 13.8 Å². The van der Waals surface area contributed by atoms with Crippen molar-refractivity contribution in [1.29, 1.82) is 0 Å². The van der Waals surface area contributed by atoms with Gasteiger partial charge in [-0.3, -0.25) is 4.79 Å². The molecule has 0 bridgehead atoms. The smallest absolute Gasteiger partial charge is 0.156 e. The molecule has 0 aromatic carbocycles. The lowest BCUT2D eigenvalue weighted by atomic mass is 10.6. The van der Waals surface area contributed by atoms with Gasteiger partial charge in [-0.1, -0.05) is 23.9 Å². The van der Waals surface area contributed by atoms with Crippen molar-refractivity contribution < 1.29 is 4.79 Å². The van der Waals surface area contributed by atoms with E-state index >= 15 is 0 Å². The second-order valence-corrected chi connectivity index (χ2v) is 2.38. The first-order valence-corrected chi connectivity index (χ1v) is 3.62. The predicted molar refractivity (Wildman–Crippen MR) is 42.2 cm³/mol. The maximum Gasteiger partial charge on any atom is 0.156 e. The number of carbonyl (C=O) groups is 1. The van der Waals surface area contributed by atoms with E-state index in [1.54, 1.807) is 6.08 Å². The third kappa shape index (κ3) is 4.03. The minimum Gasteiger partial charge on any atom is -0.297 e. The van der Waals surface area contributed by atoms with Crippen LogP contribution < -0.4 is 0 Å². The highest BCUT2D eigenvalue weighted by molar-refractivity contribution is 8.06. The molecule has 0 rings (SSSR count). The Kier molecular flexibility index (Phi) is 5.32. The third-order valence-electron chi connectivity index (χ3n) is 0.741. The molecule has 0 atom stereocenters. The van der Waals surface area contributed by atoms with E-state index in [1.807, 2.05) is 25.3 Å². The van der Waals surface area contributed by atoms with Gasteiger partial charge >= 0.3 is 0 Å². The molecule has 2 heteroatoms. The Morgan fingerprint density at radius 2 is 2.11 bits per heavy atom. The summed E-state index contributed by atoms with van der Waals surface area (Å²) in [5, 5.41) is 1.88. The summed E-state index contributed by atoms with van der Waals surface area (Å²) in [4.78, 5) is 10.9. The van der Waals surface area contributed by atoms with Gasteiger partial charge < -0.3 is 0 Å². The summed E-state index contributed by atoms with van der Waals surface area (Å²) in [7, 11) is 0. The van der Waals surface area contributed by atoms with Crippen LogP contribution >= 0.6 is 11.8 Å². The Morgan fingerprint density at radius 3 is 2.44 bits per heavy atom. The molecule has 0 aliphatic carbocycles.